The Morgan fingerprint density at radius 1 is 1.22 bits per heavy atom. The van der Waals surface area contributed by atoms with E-state index in [4.69, 9.17) is 16.0 Å². The quantitative estimate of drug-likeness (QED) is 0.657. The van der Waals surface area contributed by atoms with Gasteiger partial charge >= 0.3 is 0 Å². The third-order valence-electron chi connectivity index (χ3n) is 4.54. The maximum Gasteiger partial charge on any atom is 0.251 e. The molecule has 2 aromatic carbocycles. The summed E-state index contributed by atoms with van der Waals surface area (Å²) in [6.07, 6.45) is 1.96. The van der Waals surface area contributed by atoms with Crippen molar-refractivity contribution in [3.63, 3.8) is 0 Å². The molecule has 0 spiro atoms. The van der Waals surface area contributed by atoms with E-state index in [9.17, 15) is 9.18 Å². The maximum atomic E-state index is 14.4. The van der Waals surface area contributed by atoms with Gasteiger partial charge in [0.15, 0.2) is 0 Å². The molecule has 27 heavy (non-hydrogen) atoms. The van der Waals surface area contributed by atoms with Crippen LogP contribution in [0.4, 0.5) is 4.39 Å². The van der Waals surface area contributed by atoms with Gasteiger partial charge in [-0.15, -0.1) is 21.8 Å². The summed E-state index contributed by atoms with van der Waals surface area (Å²) in [5.41, 5.74) is 3.03. The standard InChI is InChI=1S/C20H17ClFN3O2/c1-11-16(8-14(9-17(11)22)19(26)23-15-6-7-15)12-2-4-13(5-3-12)20-25-24-18(10-21)27-20/h2-5,8-9,15H,6-7,10H2,1H3,(H,23,26). The zero-order chi connectivity index (χ0) is 19.0. The van der Waals surface area contributed by atoms with Crippen molar-refractivity contribution in [3.8, 4) is 22.6 Å². The van der Waals surface area contributed by atoms with Crippen molar-refractivity contribution in [1.82, 2.24) is 15.5 Å². The predicted octanol–water partition coefficient (Wildman–Crippen LogP) is 4.48. The van der Waals surface area contributed by atoms with E-state index in [2.05, 4.69) is 15.5 Å². The van der Waals surface area contributed by atoms with Gasteiger partial charge in [0.2, 0.25) is 11.8 Å². The Bertz CT molecular complexity index is 997. The molecule has 1 N–H and O–H groups in total. The van der Waals surface area contributed by atoms with E-state index < -0.39 is 5.82 Å². The SMILES string of the molecule is Cc1c(F)cc(C(=O)NC2CC2)cc1-c1ccc(-c2nnc(CCl)o2)cc1. The lowest BCUT2D eigenvalue weighted by Gasteiger charge is -2.11. The number of halogens is 2. The molecule has 0 bridgehead atoms. The molecular formula is C20H17ClFN3O2. The van der Waals surface area contributed by atoms with Crippen LogP contribution in [0, 0.1) is 12.7 Å². The molecule has 1 aliphatic rings. The highest BCUT2D eigenvalue weighted by Crippen LogP contribution is 2.29. The maximum absolute atomic E-state index is 14.4. The van der Waals surface area contributed by atoms with Gasteiger partial charge in [0.05, 0.1) is 0 Å². The number of nitrogens with one attached hydrogen (secondary N) is 1. The molecule has 0 aliphatic heterocycles. The highest BCUT2D eigenvalue weighted by molar-refractivity contribution is 6.16. The normalized spacial score (nSPS) is 13.6. The molecular weight excluding hydrogens is 369 g/mol. The van der Waals surface area contributed by atoms with E-state index in [1.807, 2.05) is 24.3 Å². The first-order valence-corrected chi connectivity index (χ1v) is 9.19. The lowest BCUT2D eigenvalue weighted by atomic mass is 9.96. The Morgan fingerprint density at radius 2 is 1.93 bits per heavy atom. The fourth-order valence-electron chi connectivity index (χ4n) is 2.82. The Labute approximate surface area is 160 Å². The van der Waals surface area contributed by atoms with Crippen LogP contribution in [-0.2, 0) is 5.88 Å². The fraction of sp³-hybridized carbons (Fsp3) is 0.250. The number of aromatic nitrogens is 2. The number of amides is 1. The molecule has 3 aromatic rings. The van der Waals surface area contributed by atoms with Crippen LogP contribution in [0.25, 0.3) is 22.6 Å². The van der Waals surface area contributed by atoms with Gasteiger partial charge in [0, 0.05) is 17.2 Å². The summed E-state index contributed by atoms with van der Waals surface area (Å²) in [5.74, 6) is 0.231. The van der Waals surface area contributed by atoms with E-state index in [1.54, 1.807) is 13.0 Å². The Kier molecular flexibility index (Phi) is 4.66. The summed E-state index contributed by atoms with van der Waals surface area (Å²) < 4.78 is 19.8. The van der Waals surface area contributed by atoms with E-state index in [0.29, 0.717) is 28.5 Å². The van der Waals surface area contributed by atoms with Gasteiger partial charge in [-0.25, -0.2) is 4.39 Å². The van der Waals surface area contributed by atoms with Crippen LogP contribution in [0.5, 0.6) is 0 Å². The van der Waals surface area contributed by atoms with Crippen LogP contribution in [0.3, 0.4) is 0 Å². The van der Waals surface area contributed by atoms with Gasteiger partial charge in [-0.3, -0.25) is 4.79 Å². The van der Waals surface area contributed by atoms with Gasteiger partial charge < -0.3 is 9.73 Å². The van der Waals surface area contributed by atoms with Crippen molar-refractivity contribution in [2.45, 2.75) is 31.7 Å². The van der Waals surface area contributed by atoms with Crippen LogP contribution >= 0.6 is 11.6 Å². The van der Waals surface area contributed by atoms with Crippen molar-refractivity contribution in [2.24, 2.45) is 0 Å². The highest BCUT2D eigenvalue weighted by Gasteiger charge is 2.24. The lowest BCUT2D eigenvalue weighted by Crippen LogP contribution is -2.25. The third kappa shape index (κ3) is 3.71. The topological polar surface area (TPSA) is 68.0 Å². The second kappa shape index (κ2) is 7.12. The smallest absolute Gasteiger partial charge is 0.251 e. The molecule has 1 fully saturated rings. The Hall–Kier alpha value is -2.73. The molecule has 138 valence electrons. The molecule has 1 heterocycles. The first kappa shape index (κ1) is 17.7. The van der Waals surface area contributed by atoms with E-state index in [0.717, 1.165) is 24.0 Å². The number of benzene rings is 2. The third-order valence-corrected chi connectivity index (χ3v) is 4.77. The first-order valence-electron chi connectivity index (χ1n) is 8.65. The molecule has 5 nitrogen and oxygen atoms in total. The predicted molar refractivity (Wildman–Crippen MR) is 99.9 cm³/mol. The largest absolute Gasteiger partial charge is 0.419 e. The second-order valence-corrected chi connectivity index (χ2v) is 6.86. The molecule has 0 saturated heterocycles. The molecule has 0 unspecified atom stereocenters. The van der Waals surface area contributed by atoms with Crippen LogP contribution in [0.15, 0.2) is 40.8 Å². The van der Waals surface area contributed by atoms with Gasteiger partial charge in [0.25, 0.3) is 5.91 Å². The van der Waals surface area contributed by atoms with Gasteiger partial charge in [0.1, 0.15) is 11.7 Å². The number of carbonyl (C=O) groups excluding carboxylic acids is 1. The van der Waals surface area contributed by atoms with Crippen molar-refractivity contribution in [2.75, 3.05) is 0 Å². The second-order valence-electron chi connectivity index (χ2n) is 6.59. The van der Waals surface area contributed by atoms with Gasteiger partial charge in [-0.1, -0.05) is 12.1 Å². The summed E-state index contributed by atoms with van der Waals surface area (Å²) >= 11 is 5.68. The molecule has 0 radical (unpaired) electrons. The minimum Gasteiger partial charge on any atom is -0.419 e. The number of nitrogens with zero attached hydrogens (tertiary/aromatic N) is 2. The number of hydrogen-bond donors (Lipinski definition) is 1. The molecule has 1 aromatic heterocycles. The van der Waals surface area contributed by atoms with Gasteiger partial charge in [-0.05, 0) is 60.7 Å². The molecule has 1 saturated carbocycles. The minimum atomic E-state index is -0.402. The molecule has 7 heteroatoms. The highest BCUT2D eigenvalue weighted by atomic mass is 35.5. The number of carbonyl (C=O) groups is 1. The average molecular weight is 386 g/mol. The number of rotatable bonds is 5. The first-order chi connectivity index (χ1) is 13.0. The van der Waals surface area contributed by atoms with E-state index in [1.165, 1.54) is 6.07 Å². The molecule has 4 rings (SSSR count). The van der Waals surface area contributed by atoms with Crippen molar-refractivity contribution in [3.05, 3.63) is 59.2 Å². The fourth-order valence-corrected chi connectivity index (χ4v) is 2.93. The zero-order valence-electron chi connectivity index (χ0n) is 14.6. The summed E-state index contributed by atoms with van der Waals surface area (Å²) in [6.45, 7) is 1.70. The summed E-state index contributed by atoms with van der Waals surface area (Å²) in [4.78, 5) is 12.3. The Balaban J connectivity index is 1.65. The minimum absolute atomic E-state index is 0.152. The summed E-state index contributed by atoms with van der Waals surface area (Å²) in [6, 6.07) is 10.5. The number of hydrogen-bond acceptors (Lipinski definition) is 4. The number of alkyl halides is 1. The molecule has 0 atom stereocenters. The van der Waals surface area contributed by atoms with Crippen molar-refractivity contribution < 1.29 is 13.6 Å². The lowest BCUT2D eigenvalue weighted by molar-refractivity contribution is 0.0950. The zero-order valence-corrected chi connectivity index (χ0v) is 15.4. The van der Waals surface area contributed by atoms with Gasteiger partial charge in [-0.2, -0.15) is 0 Å². The average Bonchev–Trinajstić information content (AvgIpc) is 3.36. The molecule has 1 aliphatic carbocycles. The molecule has 1 amide bonds. The summed E-state index contributed by atoms with van der Waals surface area (Å²) in [7, 11) is 0. The summed E-state index contributed by atoms with van der Waals surface area (Å²) in [5, 5.41) is 10.7. The van der Waals surface area contributed by atoms with E-state index >= 15 is 0 Å². The van der Waals surface area contributed by atoms with Crippen LogP contribution < -0.4 is 5.32 Å². The van der Waals surface area contributed by atoms with E-state index in [-0.39, 0.29) is 17.8 Å². The van der Waals surface area contributed by atoms with Crippen molar-refractivity contribution in [1.29, 1.82) is 0 Å². The monoisotopic (exact) mass is 385 g/mol. The van der Waals surface area contributed by atoms with Crippen LogP contribution in [0.1, 0.15) is 34.7 Å². The van der Waals surface area contributed by atoms with Crippen molar-refractivity contribution >= 4 is 17.5 Å². The Morgan fingerprint density at radius 3 is 2.56 bits per heavy atom. The van der Waals surface area contributed by atoms with Crippen LogP contribution in [0.2, 0.25) is 0 Å². The van der Waals surface area contributed by atoms with Crippen LogP contribution in [-0.4, -0.2) is 22.1 Å².